The minimum atomic E-state index is -0.804. The average molecular weight is 408 g/mol. The molecule has 30 heavy (non-hydrogen) atoms. The molecular weight excluding hydrogens is 380 g/mol. The number of anilines is 1. The standard InChI is InChI=1S/C24H28N2O4/c1-24(2,3)30-22(27)15-26-21-13-10-17(16-8-11-19(29-4)12-9-16)14-18(21)6-5-7-20(25)23(26)28/h5,7-14,20H,6,15,25H2,1-4H3/b7-5-/t20-/m0/s1. The maximum Gasteiger partial charge on any atom is 0.326 e. The monoisotopic (exact) mass is 408 g/mol. The summed E-state index contributed by atoms with van der Waals surface area (Å²) in [5, 5.41) is 0. The van der Waals surface area contributed by atoms with Crippen molar-refractivity contribution >= 4 is 17.6 Å². The Morgan fingerprint density at radius 1 is 1.13 bits per heavy atom. The van der Waals surface area contributed by atoms with Crippen molar-refractivity contribution in [3.8, 4) is 16.9 Å². The molecule has 0 radical (unpaired) electrons. The maximum atomic E-state index is 12.9. The van der Waals surface area contributed by atoms with Crippen LogP contribution in [0.15, 0.2) is 54.6 Å². The summed E-state index contributed by atoms with van der Waals surface area (Å²) in [6, 6.07) is 12.8. The summed E-state index contributed by atoms with van der Waals surface area (Å²) in [5.41, 5.74) is 9.02. The van der Waals surface area contributed by atoms with Crippen LogP contribution in [0.4, 0.5) is 5.69 Å². The van der Waals surface area contributed by atoms with Gasteiger partial charge in [0.25, 0.3) is 0 Å². The van der Waals surface area contributed by atoms with Gasteiger partial charge >= 0.3 is 5.97 Å². The van der Waals surface area contributed by atoms with Crippen LogP contribution in [0.2, 0.25) is 0 Å². The Balaban J connectivity index is 1.97. The summed E-state index contributed by atoms with van der Waals surface area (Å²) in [7, 11) is 1.63. The molecule has 0 spiro atoms. The van der Waals surface area contributed by atoms with Crippen molar-refractivity contribution in [2.45, 2.75) is 38.8 Å². The molecule has 6 heteroatoms. The highest BCUT2D eigenvalue weighted by atomic mass is 16.6. The molecule has 158 valence electrons. The van der Waals surface area contributed by atoms with Gasteiger partial charge in [0.15, 0.2) is 0 Å². The molecule has 6 nitrogen and oxygen atoms in total. The topological polar surface area (TPSA) is 81.9 Å². The molecule has 0 aliphatic carbocycles. The van der Waals surface area contributed by atoms with Gasteiger partial charge in [-0.3, -0.25) is 14.5 Å². The molecule has 0 fully saturated rings. The number of rotatable bonds is 4. The number of allylic oxidation sites excluding steroid dienone is 1. The molecule has 2 aromatic carbocycles. The molecule has 0 bridgehead atoms. The second kappa shape index (κ2) is 8.71. The lowest BCUT2D eigenvalue weighted by atomic mass is 9.97. The van der Waals surface area contributed by atoms with E-state index in [2.05, 4.69) is 0 Å². The van der Waals surface area contributed by atoms with E-state index in [1.807, 2.05) is 48.5 Å². The Hall–Kier alpha value is -3.12. The number of carbonyl (C=O) groups excluding carboxylic acids is 2. The number of nitrogens with zero attached hydrogens (tertiary/aromatic N) is 1. The maximum absolute atomic E-state index is 12.9. The van der Waals surface area contributed by atoms with Crippen molar-refractivity contribution in [2.24, 2.45) is 5.73 Å². The number of methoxy groups -OCH3 is 1. The van der Waals surface area contributed by atoms with E-state index in [9.17, 15) is 9.59 Å². The normalized spacial score (nSPS) is 17.6. The Bertz CT molecular complexity index is 958. The fourth-order valence-electron chi connectivity index (χ4n) is 3.36. The lowest BCUT2D eigenvalue weighted by Gasteiger charge is -2.29. The van der Waals surface area contributed by atoms with E-state index in [-0.39, 0.29) is 12.5 Å². The van der Waals surface area contributed by atoms with Crippen LogP contribution in [-0.4, -0.2) is 37.2 Å². The van der Waals surface area contributed by atoms with Crippen molar-refractivity contribution in [3.63, 3.8) is 0 Å². The van der Waals surface area contributed by atoms with E-state index in [1.54, 1.807) is 34.0 Å². The average Bonchev–Trinajstić information content (AvgIpc) is 2.69. The molecule has 3 rings (SSSR count). The highest BCUT2D eigenvalue weighted by molar-refractivity contribution is 6.02. The zero-order chi connectivity index (χ0) is 21.9. The molecule has 0 saturated carbocycles. The summed E-state index contributed by atoms with van der Waals surface area (Å²) in [4.78, 5) is 26.8. The van der Waals surface area contributed by atoms with Crippen LogP contribution in [0.25, 0.3) is 11.1 Å². The number of nitrogens with two attached hydrogens (primary N) is 1. The third-order valence-electron chi connectivity index (χ3n) is 4.73. The van der Waals surface area contributed by atoms with Gasteiger partial charge in [-0.2, -0.15) is 0 Å². The molecule has 0 aromatic heterocycles. The minimum Gasteiger partial charge on any atom is -0.497 e. The number of hydrogen-bond donors (Lipinski definition) is 1. The Kier molecular flexibility index (Phi) is 6.27. The Morgan fingerprint density at radius 2 is 1.80 bits per heavy atom. The Morgan fingerprint density at radius 3 is 2.43 bits per heavy atom. The van der Waals surface area contributed by atoms with Gasteiger partial charge in [0, 0.05) is 5.69 Å². The van der Waals surface area contributed by atoms with Gasteiger partial charge in [-0.15, -0.1) is 0 Å². The molecule has 1 aliphatic rings. The first kappa shape index (κ1) is 21.6. The van der Waals surface area contributed by atoms with E-state index >= 15 is 0 Å². The quantitative estimate of drug-likeness (QED) is 0.619. The third kappa shape index (κ3) is 5.07. The molecular formula is C24H28N2O4. The first-order valence-electron chi connectivity index (χ1n) is 9.91. The minimum absolute atomic E-state index is 0.188. The highest BCUT2D eigenvalue weighted by Crippen LogP contribution is 2.31. The van der Waals surface area contributed by atoms with Crippen molar-refractivity contribution in [2.75, 3.05) is 18.6 Å². The number of benzene rings is 2. The van der Waals surface area contributed by atoms with E-state index in [4.69, 9.17) is 15.2 Å². The van der Waals surface area contributed by atoms with Gasteiger partial charge in [0.05, 0.1) is 7.11 Å². The van der Waals surface area contributed by atoms with Crippen LogP contribution in [0.1, 0.15) is 26.3 Å². The number of carbonyl (C=O) groups is 2. The number of amides is 1. The summed E-state index contributed by atoms with van der Waals surface area (Å²) >= 11 is 0. The predicted octanol–water partition coefficient (Wildman–Crippen LogP) is 3.48. The summed E-state index contributed by atoms with van der Waals surface area (Å²) in [6.07, 6.45) is 4.17. The van der Waals surface area contributed by atoms with Crippen LogP contribution >= 0.6 is 0 Å². The number of ether oxygens (including phenoxy) is 2. The zero-order valence-electron chi connectivity index (χ0n) is 17.8. The van der Waals surface area contributed by atoms with Gasteiger partial charge in [-0.1, -0.05) is 30.4 Å². The predicted molar refractivity (Wildman–Crippen MR) is 117 cm³/mol. The first-order chi connectivity index (χ1) is 14.2. The molecule has 1 heterocycles. The van der Waals surface area contributed by atoms with Gasteiger partial charge in [-0.25, -0.2) is 0 Å². The van der Waals surface area contributed by atoms with Crippen LogP contribution < -0.4 is 15.4 Å². The van der Waals surface area contributed by atoms with E-state index in [1.165, 1.54) is 4.90 Å². The molecule has 2 aromatic rings. The largest absolute Gasteiger partial charge is 0.497 e. The van der Waals surface area contributed by atoms with Gasteiger partial charge in [-0.05, 0) is 68.1 Å². The van der Waals surface area contributed by atoms with Gasteiger partial charge < -0.3 is 15.2 Å². The lowest BCUT2D eigenvalue weighted by molar-refractivity contribution is -0.153. The van der Waals surface area contributed by atoms with Crippen molar-refractivity contribution in [1.82, 2.24) is 0 Å². The zero-order valence-corrected chi connectivity index (χ0v) is 17.8. The van der Waals surface area contributed by atoms with Crippen molar-refractivity contribution in [3.05, 3.63) is 60.2 Å². The second-order valence-corrected chi connectivity index (χ2v) is 8.24. The molecule has 1 aliphatic heterocycles. The molecule has 2 N–H and O–H groups in total. The van der Waals surface area contributed by atoms with Crippen LogP contribution in [-0.2, 0) is 20.7 Å². The third-order valence-corrected chi connectivity index (χ3v) is 4.73. The van der Waals surface area contributed by atoms with E-state index < -0.39 is 17.6 Å². The molecule has 0 unspecified atom stereocenters. The molecule has 0 saturated heterocycles. The SMILES string of the molecule is COc1ccc(-c2ccc3c(c2)C/C=C\[C@H](N)C(=O)N3CC(=O)OC(C)(C)C)cc1. The fourth-order valence-corrected chi connectivity index (χ4v) is 3.36. The number of fused-ring (bicyclic) bond motifs is 1. The van der Waals surface area contributed by atoms with Crippen LogP contribution in [0.3, 0.4) is 0 Å². The first-order valence-corrected chi connectivity index (χ1v) is 9.91. The van der Waals surface area contributed by atoms with Crippen LogP contribution in [0, 0.1) is 0 Å². The second-order valence-electron chi connectivity index (χ2n) is 8.24. The van der Waals surface area contributed by atoms with Crippen molar-refractivity contribution < 1.29 is 19.1 Å². The van der Waals surface area contributed by atoms with Crippen LogP contribution in [0.5, 0.6) is 5.75 Å². The van der Waals surface area contributed by atoms with E-state index in [0.29, 0.717) is 12.1 Å². The van der Waals surface area contributed by atoms with Crippen molar-refractivity contribution in [1.29, 1.82) is 0 Å². The molecule has 1 amide bonds. The van der Waals surface area contributed by atoms with Gasteiger partial charge in [0.1, 0.15) is 23.9 Å². The number of hydrogen-bond acceptors (Lipinski definition) is 5. The smallest absolute Gasteiger partial charge is 0.326 e. The summed E-state index contributed by atoms with van der Waals surface area (Å²) in [5.74, 6) is -0.0240. The Labute approximate surface area is 177 Å². The van der Waals surface area contributed by atoms with Gasteiger partial charge in [0.2, 0.25) is 5.91 Å². The fraction of sp³-hybridized carbons (Fsp3) is 0.333. The van der Waals surface area contributed by atoms with E-state index in [0.717, 1.165) is 22.4 Å². The summed E-state index contributed by atoms with van der Waals surface area (Å²) in [6.45, 7) is 5.20. The molecule has 1 atom stereocenters. The number of esters is 1. The lowest BCUT2D eigenvalue weighted by Crippen LogP contribution is -2.47. The summed E-state index contributed by atoms with van der Waals surface area (Å²) < 4.78 is 10.6. The highest BCUT2D eigenvalue weighted by Gasteiger charge is 2.28.